The molecule has 3 rings (SSSR count). The SMILES string of the molecule is Cl.N=C(NCc1ccccc1)c1cccn(Cc2ccc(Cl)cc2)c1=O. The number of benzene rings is 2. The monoisotopic (exact) mass is 387 g/mol. The molecule has 1 heterocycles. The predicted molar refractivity (Wildman–Crippen MR) is 109 cm³/mol. The van der Waals surface area contributed by atoms with Crippen molar-refractivity contribution >= 4 is 29.8 Å². The molecule has 0 amide bonds. The number of pyridine rings is 1. The summed E-state index contributed by atoms with van der Waals surface area (Å²) >= 11 is 5.89. The lowest BCUT2D eigenvalue weighted by Gasteiger charge is -2.11. The van der Waals surface area contributed by atoms with Crippen LogP contribution in [0.25, 0.3) is 0 Å². The normalized spacial score (nSPS) is 10.0. The number of rotatable bonds is 5. The van der Waals surface area contributed by atoms with Crippen molar-refractivity contribution in [3.8, 4) is 0 Å². The van der Waals surface area contributed by atoms with Crippen molar-refractivity contribution in [2.24, 2.45) is 0 Å². The molecule has 0 saturated heterocycles. The van der Waals surface area contributed by atoms with Crippen LogP contribution in [0.5, 0.6) is 0 Å². The van der Waals surface area contributed by atoms with E-state index in [9.17, 15) is 4.79 Å². The molecule has 134 valence electrons. The summed E-state index contributed by atoms with van der Waals surface area (Å²) < 4.78 is 1.59. The second kappa shape index (κ2) is 9.22. The largest absolute Gasteiger partial charge is 0.366 e. The van der Waals surface area contributed by atoms with Crippen molar-refractivity contribution in [3.63, 3.8) is 0 Å². The molecule has 0 spiro atoms. The number of hydrogen-bond donors (Lipinski definition) is 2. The minimum atomic E-state index is -0.192. The van der Waals surface area contributed by atoms with Gasteiger partial charge in [-0.2, -0.15) is 0 Å². The second-order valence-electron chi connectivity index (χ2n) is 5.70. The zero-order valence-electron chi connectivity index (χ0n) is 14.0. The van der Waals surface area contributed by atoms with Crippen LogP contribution in [0.1, 0.15) is 16.7 Å². The Balaban J connectivity index is 0.00000243. The van der Waals surface area contributed by atoms with Crippen LogP contribution in [-0.4, -0.2) is 10.4 Å². The maximum Gasteiger partial charge on any atom is 0.261 e. The Labute approximate surface area is 163 Å². The van der Waals surface area contributed by atoms with Gasteiger partial charge >= 0.3 is 0 Å². The van der Waals surface area contributed by atoms with Crippen molar-refractivity contribution in [2.75, 3.05) is 0 Å². The summed E-state index contributed by atoms with van der Waals surface area (Å²) in [7, 11) is 0. The molecule has 0 aliphatic carbocycles. The summed E-state index contributed by atoms with van der Waals surface area (Å²) in [6, 6.07) is 20.6. The van der Waals surface area contributed by atoms with Gasteiger partial charge in [0, 0.05) is 17.8 Å². The Hall–Kier alpha value is -2.56. The molecule has 0 unspecified atom stereocenters. The molecule has 2 N–H and O–H groups in total. The maximum atomic E-state index is 12.6. The van der Waals surface area contributed by atoms with Crippen LogP contribution >= 0.6 is 24.0 Å². The Kier molecular flexibility index (Phi) is 7.01. The highest BCUT2D eigenvalue weighted by atomic mass is 35.5. The topological polar surface area (TPSA) is 57.9 Å². The first-order chi connectivity index (χ1) is 12.1. The number of nitrogens with one attached hydrogen (secondary N) is 2. The van der Waals surface area contributed by atoms with Crippen LogP contribution in [0, 0.1) is 5.41 Å². The van der Waals surface area contributed by atoms with Crippen LogP contribution in [0.4, 0.5) is 0 Å². The van der Waals surface area contributed by atoms with Crippen LogP contribution in [0.15, 0.2) is 77.7 Å². The van der Waals surface area contributed by atoms with Gasteiger partial charge < -0.3 is 9.88 Å². The van der Waals surface area contributed by atoms with E-state index in [1.807, 2.05) is 42.5 Å². The average molecular weight is 388 g/mol. The predicted octanol–water partition coefficient (Wildman–Crippen LogP) is 4.09. The van der Waals surface area contributed by atoms with Gasteiger partial charge in [-0.3, -0.25) is 10.2 Å². The summed E-state index contributed by atoms with van der Waals surface area (Å²) in [5.74, 6) is 0.124. The summed E-state index contributed by atoms with van der Waals surface area (Å²) in [6.07, 6.45) is 1.73. The van der Waals surface area contributed by atoms with Crippen LogP contribution in [-0.2, 0) is 13.1 Å². The number of nitrogens with zero attached hydrogens (tertiary/aromatic N) is 1. The minimum Gasteiger partial charge on any atom is -0.366 e. The van der Waals surface area contributed by atoms with Gasteiger partial charge in [0.05, 0.1) is 12.1 Å². The summed E-state index contributed by atoms with van der Waals surface area (Å²) in [5.41, 5.74) is 2.20. The van der Waals surface area contributed by atoms with Gasteiger partial charge in [-0.15, -0.1) is 12.4 Å². The second-order valence-corrected chi connectivity index (χ2v) is 6.13. The van der Waals surface area contributed by atoms with Crippen molar-refractivity contribution in [1.82, 2.24) is 9.88 Å². The lowest BCUT2D eigenvalue weighted by molar-refractivity contribution is 0.755. The molecule has 0 aliphatic rings. The fourth-order valence-corrected chi connectivity index (χ4v) is 2.65. The third-order valence-corrected chi connectivity index (χ3v) is 4.12. The summed E-state index contributed by atoms with van der Waals surface area (Å²) in [4.78, 5) is 12.6. The van der Waals surface area contributed by atoms with Gasteiger partial charge in [0.1, 0.15) is 5.84 Å². The molecule has 1 aromatic heterocycles. The first-order valence-corrected chi connectivity index (χ1v) is 8.32. The van der Waals surface area contributed by atoms with Gasteiger partial charge in [0.2, 0.25) is 0 Å². The third kappa shape index (κ3) is 4.97. The number of amidine groups is 1. The molecular weight excluding hydrogens is 369 g/mol. The molecule has 0 saturated carbocycles. The molecule has 0 aliphatic heterocycles. The van der Waals surface area contributed by atoms with Crippen LogP contribution in [0.3, 0.4) is 0 Å². The highest BCUT2D eigenvalue weighted by Crippen LogP contribution is 2.10. The Morgan fingerprint density at radius 3 is 2.35 bits per heavy atom. The molecule has 2 aromatic carbocycles. The van der Waals surface area contributed by atoms with Crippen LogP contribution in [0.2, 0.25) is 5.02 Å². The Morgan fingerprint density at radius 2 is 1.65 bits per heavy atom. The van der Waals surface area contributed by atoms with E-state index >= 15 is 0 Å². The lowest BCUT2D eigenvalue weighted by atomic mass is 10.2. The van der Waals surface area contributed by atoms with Gasteiger partial charge in [0.15, 0.2) is 0 Å². The highest BCUT2D eigenvalue weighted by molar-refractivity contribution is 6.30. The molecule has 3 aromatic rings. The molecular formula is C20H19Cl2N3O. The third-order valence-electron chi connectivity index (χ3n) is 3.87. The zero-order valence-corrected chi connectivity index (χ0v) is 15.6. The van der Waals surface area contributed by atoms with E-state index in [1.54, 1.807) is 35.0 Å². The fourth-order valence-electron chi connectivity index (χ4n) is 2.52. The van der Waals surface area contributed by atoms with Gasteiger partial charge in [-0.05, 0) is 35.4 Å². The van der Waals surface area contributed by atoms with Gasteiger partial charge in [-0.25, -0.2) is 0 Å². The smallest absolute Gasteiger partial charge is 0.261 e. The van der Waals surface area contributed by atoms with Crippen molar-refractivity contribution < 1.29 is 0 Å². The number of aromatic nitrogens is 1. The lowest BCUT2D eigenvalue weighted by Crippen LogP contribution is -2.32. The summed E-state index contributed by atoms with van der Waals surface area (Å²) in [6.45, 7) is 0.945. The summed E-state index contributed by atoms with van der Waals surface area (Å²) in [5, 5.41) is 11.9. The highest BCUT2D eigenvalue weighted by Gasteiger charge is 2.09. The standard InChI is InChI=1S/C20H18ClN3O.ClH/c21-17-10-8-16(9-11-17)14-24-12-4-7-18(20(24)25)19(22)23-13-15-5-2-1-3-6-15;/h1-12H,13-14H2,(H2,22,23);1H. The van der Waals surface area contributed by atoms with E-state index < -0.39 is 0 Å². The quantitative estimate of drug-likeness (QED) is 0.511. The molecule has 6 heteroatoms. The van der Waals surface area contributed by atoms with E-state index in [1.165, 1.54) is 0 Å². The first kappa shape index (κ1) is 19.8. The molecule has 0 atom stereocenters. The van der Waals surface area contributed by atoms with E-state index in [2.05, 4.69) is 5.32 Å². The Morgan fingerprint density at radius 1 is 0.962 bits per heavy atom. The maximum absolute atomic E-state index is 12.6. The van der Waals surface area contributed by atoms with Crippen LogP contribution < -0.4 is 10.9 Å². The van der Waals surface area contributed by atoms with E-state index in [0.717, 1.165) is 11.1 Å². The van der Waals surface area contributed by atoms with Gasteiger partial charge in [0.25, 0.3) is 5.56 Å². The first-order valence-electron chi connectivity index (χ1n) is 7.94. The van der Waals surface area contributed by atoms with E-state index in [-0.39, 0.29) is 23.8 Å². The number of hydrogen-bond acceptors (Lipinski definition) is 2. The average Bonchev–Trinajstić information content (AvgIpc) is 2.64. The number of halogens is 2. The van der Waals surface area contributed by atoms with Crippen molar-refractivity contribution in [2.45, 2.75) is 13.1 Å². The minimum absolute atomic E-state index is 0. The zero-order chi connectivity index (χ0) is 17.6. The fraction of sp³-hybridized carbons (Fsp3) is 0.100. The molecule has 26 heavy (non-hydrogen) atoms. The van der Waals surface area contributed by atoms with Crippen molar-refractivity contribution in [1.29, 1.82) is 5.41 Å². The Bertz CT molecular complexity index is 922. The van der Waals surface area contributed by atoms with E-state index in [0.29, 0.717) is 23.7 Å². The van der Waals surface area contributed by atoms with Gasteiger partial charge in [-0.1, -0.05) is 54.1 Å². The molecule has 4 nitrogen and oxygen atoms in total. The van der Waals surface area contributed by atoms with E-state index in [4.69, 9.17) is 17.0 Å². The molecule has 0 bridgehead atoms. The molecule has 0 fully saturated rings. The molecule has 0 radical (unpaired) electrons. The van der Waals surface area contributed by atoms with Crippen molar-refractivity contribution in [3.05, 3.63) is 105 Å².